The van der Waals surface area contributed by atoms with Crippen molar-refractivity contribution >= 4 is 0 Å². The minimum atomic E-state index is 1.01. The van der Waals surface area contributed by atoms with E-state index in [9.17, 15) is 0 Å². The topological polar surface area (TPSA) is 32.5 Å². The first-order chi connectivity index (χ1) is 2.80. The van der Waals surface area contributed by atoms with Gasteiger partial charge in [-0.25, -0.2) is 5.01 Å². The molecule has 0 aromatic rings. The van der Waals surface area contributed by atoms with E-state index in [1.54, 1.807) is 5.12 Å². The van der Waals surface area contributed by atoms with Gasteiger partial charge in [0.2, 0.25) is 0 Å². The summed E-state index contributed by atoms with van der Waals surface area (Å²) in [5.41, 5.74) is 0. The van der Waals surface area contributed by atoms with Crippen LogP contribution in [0.4, 0.5) is 0 Å². The van der Waals surface area contributed by atoms with Crippen LogP contribution < -0.4 is 5.84 Å². The maximum absolute atomic E-state index is 5.28. The molecule has 1 heterocycles. The molecule has 3 heteroatoms. The lowest BCUT2D eigenvalue weighted by Crippen LogP contribution is -2.58. The van der Waals surface area contributed by atoms with Crippen molar-refractivity contribution in [1.82, 2.24) is 10.1 Å². The fourth-order valence-electron chi connectivity index (χ4n) is 0.415. The molecule has 1 saturated heterocycles. The van der Waals surface area contributed by atoms with Crippen LogP contribution in [0.1, 0.15) is 0 Å². The molecule has 0 spiro atoms. The number of hydrogen-bond acceptors (Lipinski definition) is 3. The molecule has 2 N–H and O–H groups in total. The Kier molecular flexibility index (Phi) is 0.799. The van der Waals surface area contributed by atoms with Gasteiger partial charge < -0.3 is 0 Å². The van der Waals surface area contributed by atoms with Crippen LogP contribution in [0.5, 0.6) is 0 Å². The molecule has 1 aliphatic heterocycles. The van der Waals surface area contributed by atoms with Gasteiger partial charge in [0.05, 0.1) is 0 Å². The van der Waals surface area contributed by atoms with Crippen LogP contribution in [-0.4, -0.2) is 30.3 Å². The second kappa shape index (κ2) is 1.18. The predicted molar refractivity (Wildman–Crippen MR) is 23.5 cm³/mol. The molecule has 1 fully saturated rings. The van der Waals surface area contributed by atoms with Crippen molar-refractivity contribution in [3.05, 3.63) is 0 Å². The maximum Gasteiger partial charge on any atom is 0.0430 e. The summed E-state index contributed by atoms with van der Waals surface area (Å²) in [5.74, 6) is 5.28. The molecule has 1 rings (SSSR count). The van der Waals surface area contributed by atoms with Crippen molar-refractivity contribution in [2.24, 2.45) is 5.84 Å². The van der Waals surface area contributed by atoms with Gasteiger partial charge in [0.1, 0.15) is 0 Å². The first-order valence-corrected chi connectivity index (χ1v) is 2.04. The van der Waals surface area contributed by atoms with E-state index in [0.29, 0.717) is 0 Å². The molecule has 3 nitrogen and oxygen atoms in total. The second-order valence-electron chi connectivity index (χ2n) is 1.54. The van der Waals surface area contributed by atoms with Gasteiger partial charge in [-0.2, -0.15) is 5.12 Å². The molecule has 0 aromatic carbocycles. The van der Waals surface area contributed by atoms with Crippen LogP contribution in [0.3, 0.4) is 0 Å². The highest BCUT2D eigenvalue weighted by Gasteiger charge is 2.14. The Bertz CT molecular complexity index is 46.0. The molecule has 0 saturated carbocycles. The van der Waals surface area contributed by atoms with E-state index in [1.165, 1.54) is 0 Å². The van der Waals surface area contributed by atoms with Crippen LogP contribution >= 0.6 is 0 Å². The quantitative estimate of drug-likeness (QED) is 0.385. The summed E-state index contributed by atoms with van der Waals surface area (Å²) in [7, 11) is 1.96. The average Bonchev–Trinajstić information content (AvgIpc) is 1.61. The summed E-state index contributed by atoms with van der Waals surface area (Å²) in [6.45, 7) is 2.12. The molecule has 36 valence electrons. The Balaban J connectivity index is 2.20. The van der Waals surface area contributed by atoms with E-state index >= 15 is 0 Å². The average molecular weight is 87.1 g/mol. The van der Waals surface area contributed by atoms with Gasteiger partial charge in [-0.15, -0.1) is 0 Å². The molecule has 6 heavy (non-hydrogen) atoms. The van der Waals surface area contributed by atoms with Gasteiger partial charge >= 0.3 is 0 Å². The summed E-state index contributed by atoms with van der Waals surface area (Å²) in [5, 5.41) is 3.64. The van der Waals surface area contributed by atoms with E-state index in [0.717, 1.165) is 13.1 Å². The third-order valence-electron chi connectivity index (χ3n) is 1.09. The Morgan fingerprint density at radius 2 is 2.00 bits per heavy atom. The van der Waals surface area contributed by atoms with Crippen LogP contribution in [0, 0.1) is 0 Å². The lowest BCUT2D eigenvalue weighted by atomic mass is 10.5. The lowest BCUT2D eigenvalue weighted by Gasteiger charge is -2.36. The maximum atomic E-state index is 5.28. The largest absolute Gasteiger partial charge is 0.255 e. The first-order valence-electron chi connectivity index (χ1n) is 2.04. The van der Waals surface area contributed by atoms with E-state index in [4.69, 9.17) is 5.84 Å². The minimum Gasteiger partial charge on any atom is -0.255 e. The number of nitrogens with two attached hydrogens (primary N) is 1. The summed E-state index contributed by atoms with van der Waals surface area (Å²) in [4.78, 5) is 0. The zero-order valence-electron chi connectivity index (χ0n) is 3.89. The zero-order valence-corrected chi connectivity index (χ0v) is 3.89. The number of hydrogen-bond donors (Lipinski definition) is 1. The van der Waals surface area contributed by atoms with Gasteiger partial charge in [-0.05, 0) is 0 Å². The Hall–Kier alpha value is -0.120. The first kappa shape index (κ1) is 4.05. The summed E-state index contributed by atoms with van der Waals surface area (Å²) >= 11 is 0. The van der Waals surface area contributed by atoms with Crippen molar-refractivity contribution in [3.63, 3.8) is 0 Å². The molecular weight excluding hydrogens is 78.1 g/mol. The molecule has 0 bridgehead atoms. The van der Waals surface area contributed by atoms with Crippen LogP contribution in [-0.2, 0) is 0 Å². The van der Waals surface area contributed by atoms with E-state index in [1.807, 2.05) is 12.1 Å². The van der Waals surface area contributed by atoms with E-state index in [-0.39, 0.29) is 0 Å². The highest BCUT2D eigenvalue weighted by atomic mass is 15.8. The third kappa shape index (κ3) is 0.408. The van der Waals surface area contributed by atoms with Gasteiger partial charge in [0, 0.05) is 20.1 Å². The molecule has 0 radical (unpaired) electrons. The van der Waals surface area contributed by atoms with Crippen molar-refractivity contribution in [2.75, 3.05) is 20.1 Å². The zero-order chi connectivity index (χ0) is 4.57. The highest BCUT2D eigenvalue weighted by molar-refractivity contribution is 4.57. The van der Waals surface area contributed by atoms with Crippen molar-refractivity contribution < 1.29 is 0 Å². The summed E-state index contributed by atoms with van der Waals surface area (Å²) in [6, 6.07) is 0. The third-order valence-corrected chi connectivity index (χ3v) is 1.09. The fraction of sp³-hybridized carbons (Fsp3) is 1.00. The monoisotopic (exact) mass is 87.1 g/mol. The van der Waals surface area contributed by atoms with Crippen LogP contribution in [0.25, 0.3) is 0 Å². The lowest BCUT2D eigenvalue weighted by molar-refractivity contribution is -0.0906. The summed E-state index contributed by atoms with van der Waals surface area (Å²) < 4.78 is 0. The predicted octanol–water partition coefficient (Wildman–Crippen LogP) is -0.977. The Labute approximate surface area is 37.3 Å². The smallest absolute Gasteiger partial charge is 0.0430 e. The van der Waals surface area contributed by atoms with Gasteiger partial charge in [-0.1, -0.05) is 0 Å². The molecule has 0 aromatic heterocycles. The standard InChI is InChI=1S/C3H9N3/c1-5-2-3-6(5)4/h2-4H2,1H3. The SMILES string of the molecule is CN1CCN1N. The number of hydrazine groups is 2. The second-order valence-corrected chi connectivity index (χ2v) is 1.54. The van der Waals surface area contributed by atoms with Crippen molar-refractivity contribution in [1.29, 1.82) is 0 Å². The van der Waals surface area contributed by atoms with Crippen molar-refractivity contribution in [2.45, 2.75) is 0 Å². The van der Waals surface area contributed by atoms with Crippen LogP contribution in [0.15, 0.2) is 0 Å². The molecular formula is C3H9N3. The van der Waals surface area contributed by atoms with Crippen LogP contribution in [0.2, 0.25) is 0 Å². The normalized spacial score (nSPS) is 27.0. The molecule has 0 unspecified atom stereocenters. The van der Waals surface area contributed by atoms with E-state index in [2.05, 4.69) is 0 Å². The number of likely N-dealkylation sites (N-methyl/N-ethyl adjacent to an activating group) is 1. The Morgan fingerprint density at radius 3 is 2.00 bits per heavy atom. The number of rotatable bonds is 0. The molecule has 0 amide bonds. The highest BCUT2D eigenvalue weighted by Crippen LogP contribution is 1.95. The van der Waals surface area contributed by atoms with Gasteiger partial charge in [0.25, 0.3) is 0 Å². The van der Waals surface area contributed by atoms with Gasteiger partial charge in [0.15, 0.2) is 0 Å². The summed E-state index contributed by atoms with van der Waals surface area (Å²) in [6.07, 6.45) is 0. The van der Waals surface area contributed by atoms with E-state index < -0.39 is 0 Å². The molecule has 0 aliphatic carbocycles. The molecule has 1 aliphatic rings. The molecule has 0 atom stereocenters. The Morgan fingerprint density at radius 1 is 1.50 bits per heavy atom. The van der Waals surface area contributed by atoms with Crippen molar-refractivity contribution in [3.8, 4) is 0 Å². The minimum absolute atomic E-state index is 1.01. The fourth-order valence-corrected chi connectivity index (χ4v) is 0.415. The number of nitrogens with zero attached hydrogens (tertiary/aromatic N) is 2. The van der Waals surface area contributed by atoms with Gasteiger partial charge in [-0.3, -0.25) is 5.84 Å².